The molecule has 17 heavy (non-hydrogen) atoms. The lowest BCUT2D eigenvalue weighted by Gasteiger charge is -2.03. The third kappa shape index (κ3) is 2.53. The Labute approximate surface area is 105 Å². The number of thiophene rings is 1. The average Bonchev–Trinajstić information content (AvgIpc) is 2.96. The Balaban J connectivity index is 2.28. The summed E-state index contributed by atoms with van der Waals surface area (Å²) in [5, 5.41) is 19.0. The van der Waals surface area contributed by atoms with Crippen molar-refractivity contribution in [1.82, 2.24) is 15.0 Å². The maximum Gasteiger partial charge on any atom is 0.191 e. The molecule has 0 bridgehead atoms. The van der Waals surface area contributed by atoms with Gasteiger partial charge in [-0.3, -0.25) is 0 Å². The Hall–Kier alpha value is -1.67. The molecule has 88 valence electrons. The highest BCUT2D eigenvalue weighted by Crippen LogP contribution is 2.26. The first kappa shape index (κ1) is 11.8. The van der Waals surface area contributed by atoms with Crippen LogP contribution in [-0.2, 0) is 6.54 Å². The van der Waals surface area contributed by atoms with Gasteiger partial charge in [-0.1, -0.05) is 31.0 Å². The number of aromatic nitrogens is 3. The molecule has 0 aromatic carbocycles. The van der Waals surface area contributed by atoms with E-state index in [-0.39, 0.29) is 0 Å². The third-order valence-electron chi connectivity index (χ3n) is 2.57. The standard InChI is InChI=1S/C12H14N4S/c1-2-3-4-7-16-12(10(9-13)14-15-16)11-6-5-8-17-11/h5-6,8H,2-4,7H2,1H3. The smallest absolute Gasteiger partial charge is 0.191 e. The second kappa shape index (κ2) is 5.60. The second-order valence-electron chi connectivity index (χ2n) is 3.81. The van der Waals surface area contributed by atoms with Gasteiger partial charge in [-0.05, 0) is 17.9 Å². The van der Waals surface area contributed by atoms with Crippen molar-refractivity contribution >= 4 is 11.3 Å². The molecule has 0 fully saturated rings. The molecule has 2 heterocycles. The van der Waals surface area contributed by atoms with E-state index in [1.165, 1.54) is 12.8 Å². The van der Waals surface area contributed by atoms with E-state index in [1.807, 2.05) is 22.2 Å². The zero-order chi connectivity index (χ0) is 12.1. The molecule has 0 N–H and O–H groups in total. The highest BCUT2D eigenvalue weighted by Gasteiger charge is 2.14. The molecule has 0 unspecified atom stereocenters. The maximum absolute atomic E-state index is 9.04. The van der Waals surface area contributed by atoms with Gasteiger partial charge < -0.3 is 0 Å². The third-order valence-corrected chi connectivity index (χ3v) is 3.45. The summed E-state index contributed by atoms with van der Waals surface area (Å²) < 4.78 is 1.85. The quantitative estimate of drug-likeness (QED) is 0.762. The SMILES string of the molecule is CCCCCn1nnc(C#N)c1-c1cccs1. The van der Waals surface area contributed by atoms with Gasteiger partial charge in [-0.25, -0.2) is 4.68 Å². The van der Waals surface area contributed by atoms with Crippen molar-refractivity contribution in [3.63, 3.8) is 0 Å². The zero-order valence-electron chi connectivity index (χ0n) is 9.76. The van der Waals surface area contributed by atoms with Crippen LogP contribution in [0.5, 0.6) is 0 Å². The van der Waals surface area contributed by atoms with E-state index in [1.54, 1.807) is 11.3 Å². The maximum atomic E-state index is 9.04. The van der Waals surface area contributed by atoms with Gasteiger partial charge in [0.15, 0.2) is 5.69 Å². The van der Waals surface area contributed by atoms with E-state index in [4.69, 9.17) is 5.26 Å². The average molecular weight is 246 g/mol. The van der Waals surface area contributed by atoms with Gasteiger partial charge in [0.25, 0.3) is 0 Å². The van der Waals surface area contributed by atoms with E-state index in [0.29, 0.717) is 5.69 Å². The van der Waals surface area contributed by atoms with Crippen LogP contribution in [0, 0.1) is 11.3 Å². The van der Waals surface area contributed by atoms with Crippen LogP contribution in [0.4, 0.5) is 0 Å². The van der Waals surface area contributed by atoms with Gasteiger partial charge in [-0.2, -0.15) is 5.26 Å². The van der Waals surface area contributed by atoms with Crippen LogP contribution in [0.3, 0.4) is 0 Å². The Morgan fingerprint density at radius 2 is 2.35 bits per heavy atom. The van der Waals surface area contributed by atoms with Crippen LogP contribution in [-0.4, -0.2) is 15.0 Å². The van der Waals surface area contributed by atoms with Crippen molar-refractivity contribution in [2.45, 2.75) is 32.7 Å². The Kier molecular flexibility index (Phi) is 3.89. The molecule has 0 spiro atoms. The largest absolute Gasteiger partial charge is 0.242 e. The van der Waals surface area contributed by atoms with Gasteiger partial charge in [0.2, 0.25) is 0 Å². The lowest BCUT2D eigenvalue weighted by molar-refractivity contribution is 0.542. The number of hydrogen-bond donors (Lipinski definition) is 0. The molecule has 4 nitrogen and oxygen atoms in total. The summed E-state index contributed by atoms with van der Waals surface area (Å²) in [4.78, 5) is 1.06. The lowest BCUT2D eigenvalue weighted by Crippen LogP contribution is -2.02. The number of rotatable bonds is 5. The molecule has 0 radical (unpaired) electrons. The predicted molar refractivity (Wildman–Crippen MR) is 67.6 cm³/mol. The van der Waals surface area contributed by atoms with E-state index >= 15 is 0 Å². The molecule has 0 saturated heterocycles. The van der Waals surface area contributed by atoms with Gasteiger partial charge in [0, 0.05) is 6.54 Å². The van der Waals surface area contributed by atoms with Gasteiger partial charge in [0.05, 0.1) is 4.88 Å². The van der Waals surface area contributed by atoms with Crippen molar-refractivity contribution in [3.8, 4) is 16.6 Å². The van der Waals surface area contributed by atoms with Gasteiger partial charge in [-0.15, -0.1) is 16.4 Å². The number of nitrogens with zero attached hydrogens (tertiary/aromatic N) is 4. The predicted octanol–water partition coefficient (Wildman–Crippen LogP) is 3.07. The Bertz CT molecular complexity index is 507. The summed E-state index contributed by atoms with van der Waals surface area (Å²) in [6.45, 7) is 3.00. The Morgan fingerprint density at radius 1 is 1.47 bits per heavy atom. The van der Waals surface area contributed by atoms with E-state index in [2.05, 4.69) is 23.3 Å². The molecule has 0 saturated carbocycles. The molecule has 2 rings (SSSR count). The summed E-state index contributed by atoms with van der Waals surface area (Å²) in [6.07, 6.45) is 3.42. The van der Waals surface area contributed by atoms with E-state index in [0.717, 1.165) is 23.5 Å². The molecular formula is C12H14N4S. The number of hydrogen-bond acceptors (Lipinski definition) is 4. The van der Waals surface area contributed by atoms with Crippen LogP contribution >= 0.6 is 11.3 Å². The molecule has 0 aliphatic carbocycles. The summed E-state index contributed by atoms with van der Waals surface area (Å²) in [6, 6.07) is 6.08. The highest BCUT2D eigenvalue weighted by atomic mass is 32.1. The first-order chi connectivity index (χ1) is 8.36. The topological polar surface area (TPSA) is 54.5 Å². The summed E-state index contributed by atoms with van der Waals surface area (Å²) in [5.41, 5.74) is 1.28. The minimum atomic E-state index is 0.420. The molecule has 0 aliphatic heterocycles. The fraction of sp³-hybridized carbons (Fsp3) is 0.417. The summed E-state index contributed by atoms with van der Waals surface area (Å²) >= 11 is 1.61. The van der Waals surface area contributed by atoms with Crippen LogP contribution in [0.15, 0.2) is 17.5 Å². The van der Waals surface area contributed by atoms with Crippen molar-refractivity contribution in [2.75, 3.05) is 0 Å². The van der Waals surface area contributed by atoms with Crippen LogP contribution in [0.2, 0.25) is 0 Å². The van der Waals surface area contributed by atoms with Crippen molar-refractivity contribution in [3.05, 3.63) is 23.2 Å². The van der Waals surface area contributed by atoms with Crippen molar-refractivity contribution < 1.29 is 0 Å². The number of aryl methyl sites for hydroxylation is 1. The first-order valence-electron chi connectivity index (χ1n) is 5.74. The van der Waals surface area contributed by atoms with Crippen molar-refractivity contribution in [1.29, 1.82) is 5.26 Å². The molecule has 0 aliphatic rings. The minimum absolute atomic E-state index is 0.420. The van der Waals surface area contributed by atoms with Gasteiger partial charge >= 0.3 is 0 Å². The van der Waals surface area contributed by atoms with Crippen LogP contribution in [0.25, 0.3) is 10.6 Å². The monoisotopic (exact) mass is 246 g/mol. The zero-order valence-corrected chi connectivity index (χ0v) is 10.6. The first-order valence-corrected chi connectivity index (χ1v) is 6.62. The fourth-order valence-electron chi connectivity index (χ4n) is 1.71. The number of unbranched alkanes of at least 4 members (excludes halogenated alkanes) is 2. The van der Waals surface area contributed by atoms with Crippen LogP contribution in [0.1, 0.15) is 31.9 Å². The lowest BCUT2D eigenvalue weighted by atomic mass is 10.2. The minimum Gasteiger partial charge on any atom is -0.242 e. The molecule has 5 heteroatoms. The highest BCUT2D eigenvalue weighted by molar-refractivity contribution is 7.13. The second-order valence-corrected chi connectivity index (χ2v) is 4.75. The summed E-state index contributed by atoms with van der Waals surface area (Å²) in [7, 11) is 0. The fourth-order valence-corrected chi connectivity index (χ4v) is 2.49. The molecular weight excluding hydrogens is 232 g/mol. The van der Waals surface area contributed by atoms with Gasteiger partial charge in [0.1, 0.15) is 11.8 Å². The van der Waals surface area contributed by atoms with Crippen molar-refractivity contribution in [2.24, 2.45) is 0 Å². The Morgan fingerprint density at radius 3 is 3.00 bits per heavy atom. The van der Waals surface area contributed by atoms with Crippen LogP contribution < -0.4 is 0 Å². The van der Waals surface area contributed by atoms with E-state index < -0.39 is 0 Å². The summed E-state index contributed by atoms with van der Waals surface area (Å²) in [5.74, 6) is 0. The molecule has 0 atom stereocenters. The molecule has 2 aromatic heterocycles. The molecule has 2 aromatic rings. The normalized spacial score (nSPS) is 10.4. The van der Waals surface area contributed by atoms with E-state index in [9.17, 15) is 0 Å². The number of nitriles is 1. The molecule has 0 amide bonds.